The molecule has 1 aliphatic rings. The maximum Gasteiger partial charge on any atom is 0.332 e. The smallest absolute Gasteiger partial charge is 0.332 e. The third kappa shape index (κ3) is 2.85. The van der Waals surface area contributed by atoms with E-state index in [0.29, 0.717) is 29.3 Å². The number of hydrogen-bond acceptors (Lipinski definition) is 7. The van der Waals surface area contributed by atoms with Gasteiger partial charge in [0.15, 0.2) is 17.0 Å². The number of rotatable bonds is 5. The molecule has 0 unspecified atom stereocenters. The van der Waals surface area contributed by atoms with Crippen LogP contribution in [0, 0.1) is 0 Å². The van der Waals surface area contributed by atoms with Crippen molar-refractivity contribution < 1.29 is 4.52 Å². The number of imidazole rings is 1. The summed E-state index contributed by atoms with van der Waals surface area (Å²) in [7, 11) is 3.04. The van der Waals surface area contributed by atoms with E-state index in [2.05, 4.69) is 20.0 Å². The van der Waals surface area contributed by atoms with Crippen molar-refractivity contribution in [2.75, 3.05) is 19.6 Å². The van der Waals surface area contributed by atoms with Crippen LogP contribution >= 0.6 is 0 Å². The molecule has 0 bridgehead atoms. The van der Waals surface area contributed by atoms with Gasteiger partial charge in [0.2, 0.25) is 5.89 Å². The highest BCUT2D eigenvalue weighted by Crippen LogP contribution is 2.10. The van der Waals surface area contributed by atoms with Crippen LogP contribution in [0.5, 0.6) is 0 Å². The standard InChI is InChI=1S/C16H21N7O3/c1-20-14-13(15(24)21(2)16(20)25)23(10-17-14)9-11-18-12(26-19-11)5-8-22-6-3-4-7-22/h10H,3-9H2,1-2H3. The van der Waals surface area contributed by atoms with Crippen LogP contribution in [-0.2, 0) is 27.1 Å². The van der Waals surface area contributed by atoms with Crippen molar-refractivity contribution in [2.45, 2.75) is 25.8 Å². The Morgan fingerprint density at radius 3 is 2.69 bits per heavy atom. The molecule has 0 amide bonds. The average molecular weight is 359 g/mol. The lowest BCUT2D eigenvalue weighted by atomic mass is 10.4. The van der Waals surface area contributed by atoms with Crippen LogP contribution in [0.25, 0.3) is 11.2 Å². The van der Waals surface area contributed by atoms with Crippen molar-refractivity contribution in [3.05, 3.63) is 38.9 Å². The topological polar surface area (TPSA) is 104 Å². The molecule has 0 saturated carbocycles. The van der Waals surface area contributed by atoms with Crippen LogP contribution in [0.15, 0.2) is 20.4 Å². The van der Waals surface area contributed by atoms with Gasteiger partial charge in [-0.2, -0.15) is 4.98 Å². The Balaban J connectivity index is 1.56. The van der Waals surface area contributed by atoms with Gasteiger partial charge in [-0.3, -0.25) is 13.9 Å². The van der Waals surface area contributed by atoms with Gasteiger partial charge in [-0.05, 0) is 25.9 Å². The van der Waals surface area contributed by atoms with Crippen molar-refractivity contribution in [3.63, 3.8) is 0 Å². The van der Waals surface area contributed by atoms with Gasteiger partial charge in [0, 0.05) is 27.1 Å². The minimum absolute atomic E-state index is 0.261. The van der Waals surface area contributed by atoms with E-state index in [1.165, 1.54) is 30.8 Å². The molecule has 0 spiro atoms. The van der Waals surface area contributed by atoms with Crippen molar-refractivity contribution in [1.82, 2.24) is 33.7 Å². The van der Waals surface area contributed by atoms with Crippen LogP contribution in [-0.4, -0.2) is 53.4 Å². The molecule has 0 N–H and O–H groups in total. The number of aromatic nitrogens is 6. The van der Waals surface area contributed by atoms with E-state index >= 15 is 0 Å². The van der Waals surface area contributed by atoms with E-state index in [9.17, 15) is 9.59 Å². The number of aryl methyl sites for hydroxylation is 1. The zero-order valence-electron chi connectivity index (χ0n) is 14.9. The molecule has 4 heterocycles. The third-order valence-corrected chi connectivity index (χ3v) is 4.88. The first-order valence-electron chi connectivity index (χ1n) is 8.69. The van der Waals surface area contributed by atoms with E-state index in [0.717, 1.165) is 24.2 Å². The van der Waals surface area contributed by atoms with Gasteiger partial charge < -0.3 is 14.0 Å². The second kappa shape index (κ2) is 6.52. The summed E-state index contributed by atoms with van der Waals surface area (Å²) in [5.41, 5.74) is -0.108. The number of likely N-dealkylation sites (tertiary alicyclic amines) is 1. The van der Waals surface area contributed by atoms with Crippen molar-refractivity contribution in [1.29, 1.82) is 0 Å². The van der Waals surface area contributed by atoms with Crippen molar-refractivity contribution in [3.8, 4) is 0 Å². The van der Waals surface area contributed by atoms with Crippen LogP contribution in [0.1, 0.15) is 24.6 Å². The molecule has 3 aromatic rings. The first-order valence-corrected chi connectivity index (χ1v) is 8.69. The Bertz CT molecular complexity index is 1050. The Morgan fingerprint density at radius 1 is 1.15 bits per heavy atom. The largest absolute Gasteiger partial charge is 0.339 e. The molecule has 0 radical (unpaired) electrons. The fourth-order valence-electron chi connectivity index (χ4n) is 3.39. The second-order valence-corrected chi connectivity index (χ2v) is 6.65. The van der Waals surface area contributed by atoms with Gasteiger partial charge in [0.1, 0.15) is 0 Å². The fraction of sp³-hybridized carbons (Fsp3) is 0.562. The lowest BCUT2D eigenvalue weighted by Gasteiger charge is -2.11. The van der Waals surface area contributed by atoms with E-state index < -0.39 is 11.2 Å². The molecular weight excluding hydrogens is 338 g/mol. The quantitative estimate of drug-likeness (QED) is 0.605. The molecule has 4 rings (SSSR count). The lowest BCUT2D eigenvalue weighted by molar-refractivity contribution is 0.310. The summed E-state index contributed by atoms with van der Waals surface area (Å²) in [4.78, 5) is 35.4. The first kappa shape index (κ1) is 16.7. The highest BCUT2D eigenvalue weighted by molar-refractivity contribution is 5.70. The zero-order chi connectivity index (χ0) is 18.3. The molecule has 10 heteroatoms. The summed E-state index contributed by atoms with van der Waals surface area (Å²) >= 11 is 0. The maximum atomic E-state index is 12.4. The molecule has 138 valence electrons. The maximum absolute atomic E-state index is 12.4. The zero-order valence-corrected chi connectivity index (χ0v) is 14.9. The van der Waals surface area contributed by atoms with E-state index in [1.54, 1.807) is 11.6 Å². The molecule has 0 aliphatic carbocycles. The third-order valence-electron chi connectivity index (χ3n) is 4.88. The Morgan fingerprint density at radius 2 is 1.92 bits per heavy atom. The summed E-state index contributed by atoms with van der Waals surface area (Å²) < 4.78 is 9.39. The monoisotopic (exact) mass is 359 g/mol. The summed E-state index contributed by atoms with van der Waals surface area (Å²) in [6.45, 7) is 3.43. The fourth-order valence-corrected chi connectivity index (χ4v) is 3.39. The Labute approximate surface area is 148 Å². The molecule has 1 fully saturated rings. The molecule has 0 atom stereocenters. The number of fused-ring (bicyclic) bond motifs is 1. The Hall–Kier alpha value is -2.75. The van der Waals surface area contributed by atoms with Crippen LogP contribution < -0.4 is 11.2 Å². The van der Waals surface area contributed by atoms with Gasteiger partial charge in [-0.15, -0.1) is 0 Å². The lowest BCUT2D eigenvalue weighted by Crippen LogP contribution is -2.37. The summed E-state index contributed by atoms with van der Waals surface area (Å²) in [5.74, 6) is 1.08. The van der Waals surface area contributed by atoms with Crippen molar-refractivity contribution >= 4 is 11.2 Å². The predicted molar refractivity (Wildman–Crippen MR) is 93.0 cm³/mol. The molecule has 3 aromatic heterocycles. The minimum atomic E-state index is -0.406. The van der Waals surface area contributed by atoms with Gasteiger partial charge in [-0.1, -0.05) is 5.16 Å². The predicted octanol–water partition coefficient (Wildman–Crippen LogP) is -0.497. The Kier molecular flexibility index (Phi) is 4.19. The van der Waals surface area contributed by atoms with Gasteiger partial charge in [0.05, 0.1) is 12.9 Å². The molecule has 26 heavy (non-hydrogen) atoms. The summed E-state index contributed by atoms with van der Waals surface area (Å²) in [5, 5.41) is 4.00. The van der Waals surface area contributed by atoms with E-state index in [4.69, 9.17) is 4.52 Å². The van der Waals surface area contributed by atoms with Gasteiger partial charge in [0.25, 0.3) is 5.56 Å². The van der Waals surface area contributed by atoms with Crippen LogP contribution in [0.3, 0.4) is 0 Å². The molecular formula is C16H21N7O3. The summed E-state index contributed by atoms with van der Waals surface area (Å²) in [6, 6.07) is 0. The second-order valence-electron chi connectivity index (χ2n) is 6.65. The summed E-state index contributed by atoms with van der Waals surface area (Å²) in [6.07, 6.45) is 4.74. The van der Waals surface area contributed by atoms with Gasteiger partial charge >= 0.3 is 5.69 Å². The molecule has 10 nitrogen and oxygen atoms in total. The highest BCUT2D eigenvalue weighted by atomic mass is 16.5. The van der Waals surface area contributed by atoms with Crippen LogP contribution in [0.2, 0.25) is 0 Å². The van der Waals surface area contributed by atoms with E-state index in [-0.39, 0.29) is 6.54 Å². The minimum Gasteiger partial charge on any atom is -0.339 e. The number of hydrogen-bond donors (Lipinski definition) is 0. The highest BCUT2D eigenvalue weighted by Gasteiger charge is 2.17. The van der Waals surface area contributed by atoms with Crippen LogP contribution in [0.4, 0.5) is 0 Å². The molecule has 1 saturated heterocycles. The van der Waals surface area contributed by atoms with Gasteiger partial charge in [-0.25, -0.2) is 9.78 Å². The SMILES string of the molecule is Cn1c(=O)c2c(ncn2Cc2noc(CCN3CCCC3)n2)n(C)c1=O. The number of nitrogens with zero attached hydrogens (tertiary/aromatic N) is 7. The van der Waals surface area contributed by atoms with Crippen molar-refractivity contribution in [2.24, 2.45) is 14.1 Å². The normalized spacial score (nSPS) is 15.3. The average Bonchev–Trinajstić information content (AvgIpc) is 3.37. The molecule has 1 aliphatic heterocycles. The first-order chi connectivity index (χ1) is 12.5. The van der Waals surface area contributed by atoms with E-state index in [1.807, 2.05) is 0 Å². The molecule has 0 aromatic carbocycles.